The Bertz CT molecular complexity index is 1240. The van der Waals surface area contributed by atoms with Gasteiger partial charge in [0.25, 0.3) is 0 Å². The SMILES string of the molecule is CCC(O)COc1ccc2c(OCC(O)COc3ccc4cc(OC)ccc4c3)cccc2c1. The zero-order valence-electron chi connectivity index (χ0n) is 19.4. The van der Waals surface area contributed by atoms with E-state index in [1.165, 1.54) is 0 Å². The largest absolute Gasteiger partial charge is 0.497 e. The van der Waals surface area contributed by atoms with E-state index in [9.17, 15) is 10.2 Å². The summed E-state index contributed by atoms with van der Waals surface area (Å²) in [5, 5.41) is 24.1. The molecule has 0 heterocycles. The number of benzene rings is 4. The van der Waals surface area contributed by atoms with E-state index in [0.29, 0.717) is 23.7 Å². The first-order valence-electron chi connectivity index (χ1n) is 11.4. The molecule has 178 valence electrons. The van der Waals surface area contributed by atoms with Crippen LogP contribution in [0, 0.1) is 0 Å². The lowest BCUT2D eigenvalue weighted by Crippen LogP contribution is -2.25. The molecule has 4 rings (SSSR count). The average molecular weight is 463 g/mol. The molecule has 0 radical (unpaired) electrons. The zero-order chi connectivity index (χ0) is 23.9. The standard InChI is InChI=1S/C28H30O6/c1-3-22(29)16-32-26-11-12-27-21(15-26)5-4-6-28(27)34-18-23(30)17-33-25-10-8-19-13-24(31-2)9-7-20(19)14-25/h4-15,22-23,29-30H,3,16-18H2,1-2H3. The van der Waals surface area contributed by atoms with Gasteiger partial charge in [-0.15, -0.1) is 0 Å². The van der Waals surface area contributed by atoms with E-state index in [0.717, 1.165) is 27.3 Å². The molecule has 0 saturated carbocycles. The van der Waals surface area contributed by atoms with E-state index in [2.05, 4.69) is 0 Å². The highest BCUT2D eigenvalue weighted by atomic mass is 16.5. The summed E-state index contributed by atoms with van der Waals surface area (Å²) in [6.07, 6.45) is -0.625. The Morgan fingerprint density at radius 2 is 1.24 bits per heavy atom. The molecule has 0 spiro atoms. The summed E-state index contributed by atoms with van der Waals surface area (Å²) in [7, 11) is 1.65. The Hall–Kier alpha value is -3.48. The summed E-state index contributed by atoms with van der Waals surface area (Å²) in [6, 6.07) is 23.1. The number of rotatable bonds is 11. The molecule has 6 nitrogen and oxygen atoms in total. The Balaban J connectivity index is 1.33. The third-order valence-electron chi connectivity index (χ3n) is 5.62. The van der Waals surface area contributed by atoms with Crippen molar-refractivity contribution in [2.45, 2.75) is 25.6 Å². The number of methoxy groups -OCH3 is 1. The molecule has 34 heavy (non-hydrogen) atoms. The van der Waals surface area contributed by atoms with E-state index in [1.54, 1.807) is 7.11 Å². The second kappa shape index (κ2) is 11.1. The van der Waals surface area contributed by atoms with Crippen molar-refractivity contribution in [1.82, 2.24) is 0 Å². The van der Waals surface area contributed by atoms with Gasteiger partial charge in [0.15, 0.2) is 0 Å². The summed E-state index contributed by atoms with van der Waals surface area (Å²) in [6.45, 7) is 2.39. The molecule has 2 unspecified atom stereocenters. The lowest BCUT2D eigenvalue weighted by atomic mass is 10.1. The molecule has 0 amide bonds. The smallest absolute Gasteiger partial charge is 0.127 e. The molecule has 0 aliphatic rings. The molecule has 0 saturated heterocycles. The number of ether oxygens (including phenoxy) is 4. The van der Waals surface area contributed by atoms with Crippen LogP contribution in [0.4, 0.5) is 0 Å². The van der Waals surface area contributed by atoms with Crippen LogP contribution in [0.1, 0.15) is 13.3 Å². The highest BCUT2D eigenvalue weighted by Crippen LogP contribution is 2.29. The van der Waals surface area contributed by atoms with Gasteiger partial charge in [-0.1, -0.05) is 31.2 Å². The first-order chi connectivity index (χ1) is 16.6. The maximum atomic E-state index is 10.4. The maximum absolute atomic E-state index is 10.4. The monoisotopic (exact) mass is 462 g/mol. The fraction of sp³-hybridized carbons (Fsp3) is 0.286. The van der Waals surface area contributed by atoms with E-state index in [1.807, 2.05) is 79.7 Å². The Morgan fingerprint density at radius 3 is 1.94 bits per heavy atom. The number of hydrogen-bond acceptors (Lipinski definition) is 6. The van der Waals surface area contributed by atoms with Gasteiger partial charge < -0.3 is 29.2 Å². The second-order valence-corrected chi connectivity index (χ2v) is 8.16. The lowest BCUT2D eigenvalue weighted by molar-refractivity contribution is 0.0632. The van der Waals surface area contributed by atoms with E-state index >= 15 is 0 Å². The van der Waals surface area contributed by atoms with Crippen LogP contribution in [-0.2, 0) is 0 Å². The first kappa shape index (κ1) is 23.7. The molecule has 4 aromatic carbocycles. The molecule has 0 fully saturated rings. The summed E-state index contributed by atoms with van der Waals surface area (Å²) >= 11 is 0. The summed E-state index contributed by atoms with van der Waals surface area (Å²) in [5.74, 6) is 2.86. The van der Waals surface area contributed by atoms with E-state index in [-0.39, 0.29) is 19.8 Å². The van der Waals surface area contributed by atoms with Crippen LogP contribution in [0.5, 0.6) is 23.0 Å². The Labute approximate surface area is 199 Å². The molecule has 0 bridgehead atoms. The Morgan fingerprint density at radius 1 is 0.647 bits per heavy atom. The van der Waals surface area contributed by atoms with Crippen LogP contribution >= 0.6 is 0 Å². The van der Waals surface area contributed by atoms with Gasteiger partial charge in [-0.05, 0) is 71.1 Å². The fourth-order valence-electron chi connectivity index (χ4n) is 3.60. The molecule has 0 aromatic heterocycles. The van der Waals surface area contributed by atoms with Crippen LogP contribution < -0.4 is 18.9 Å². The first-order valence-corrected chi connectivity index (χ1v) is 11.4. The fourth-order valence-corrected chi connectivity index (χ4v) is 3.60. The van der Waals surface area contributed by atoms with Crippen LogP contribution in [-0.4, -0.2) is 49.4 Å². The minimum absolute atomic E-state index is 0.102. The van der Waals surface area contributed by atoms with E-state index < -0.39 is 12.2 Å². The van der Waals surface area contributed by atoms with Gasteiger partial charge in [-0.2, -0.15) is 0 Å². The van der Waals surface area contributed by atoms with Crippen molar-refractivity contribution in [1.29, 1.82) is 0 Å². The third kappa shape index (κ3) is 5.90. The molecule has 6 heteroatoms. The molecule has 2 atom stereocenters. The quantitative estimate of drug-likeness (QED) is 0.328. The van der Waals surface area contributed by atoms with Gasteiger partial charge in [0.2, 0.25) is 0 Å². The topological polar surface area (TPSA) is 77.4 Å². The van der Waals surface area contributed by atoms with Crippen molar-refractivity contribution < 1.29 is 29.2 Å². The molecule has 2 N–H and O–H groups in total. The van der Waals surface area contributed by atoms with Gasteiger partial charge in [0.1, 0.15) is 48.9 Å². The van der Waals surface area contributed by atoms with Gasteiger partial charge in [0, 0.05) is 5.39 Å². The van der Waals surface area contributed by atoms with Crippen molar-refractivity contribution >= 4 is 21.5 Å². The van der Waals surface area contributed by atoms with Crippen LogP contribution in [0.25, 0.3) is 21.5 Å². The van der Waals surface area contributed by atoms with Crippen molar-refractivity contribution in [2.24, 2.45) is 0 Å². The van der Waals surface area contributed by atoms with Crippen molar-refractivity contribution in [3.63, 3.8) is 0 Å². The van der Waals surface area contributed by atoms with Crippen LogP contribution in [0.2, 0.25) is 0 Å². The average Bonchev–Trinajstić information content (AvgIpc) is 2.88. The predicted molar refractivity (Wildman–Crippen MR) is 133 cm³/mol. The summed E-state index contributed by atoms with van der Waals surface area (Å²) in [5.41, 5.74) is 0. The minimum atomic E-state index is -0.792. The third-order valence-corrected chi connectivity index (χ3v) is 5.62. The predicted octanol–water partition coefficient (Wildman–Crippen LogP) is 4.97. The number of aliphatic hydroxyl groups excluding tert-OH is 2. The van der Waals surface area contributed by atoms with Crippen molar-refractivity contribution in [3.8, 4) is 23.0 Å². The van der Waals surface area contributed by atoms with Crippen LogP contribution in [0.15, 0.2) is 72.8 Å². The van der Waals surface area contributed by atoms with Crippen LogP contribution in [0.3, 0.4) is 0 Å². The second-order valence-electron chi connectivity index (χ2n) is 8.16. The normalized spacial score (nSPS) is 12.9. The molecule has 4 aromatic rings. The Kier molecular flexibility index (Phi) is 7.72. The number of aliphatic hydroxyl groups is 2. The minimum Gasteiger partial charge on any atom is -0.497 e. The van der Waals surface area contributed by atoms with Gasteiger partial charge in [-0.25, -0.2) is 0 Å². The highest BCUT2D eigenvalue weighted by molar-refractivity contribution is 5.89. The van der Waals surface area contributed by atoms with Gasteiger partial charge >= 0.3 is 0 Å². The molecule has 0 aliphatic heterocycles. The van der Waals surface area contributed by atoms with Gasteiger partial charge in [-0.3, -0.25) is 0 Å². The number of hydrogen-bond donors (Lipinski definition) is 2. The highest BCUT2D eigenvalue weighted by Gasteiger charge is 2.10. The lowest BCUT2D eigenvalue weighted by Gasteiger charge is -2.16. The maximum Gasteiger partial charge on any atom is 0.127 e. The zero-order valence-corrected chi connectivity index (χ0v) is 19.4. The molecular formula is C28H30O6. The van der Waals surface area contributed by atoms with Gasteiger partial charge in [0.05, 0.1) is 13.2 Å². The summed E-state index contributed by atoms with van der Waals surface area (Å²) < 4.78 is 22.6. The number of fused-ring (bicyclic) bond motifs is 2. The molecular weight excluding hydrogens is 432 g/mol. The van der Waals surface area contributed by atoms with Crippen molar-refractivity contribution in [3.05, 3.63) is 72.8 Å². The summed E-state index contributed by atoms with van der Waals surface area (Å²) in [4.78, 5) is 0. The molecule has 0 aliphatic carbocycles. The van der Waals surface area contributed by atoms with E-state index in [4.69, 9.17) is 18.9 Å². The van der Waals surface area contributed by atoms with Crippen molar-refractivity contribution in [2.75, 3.05) is 26.9 Å².